The molecular formula is C15H25NS. The van der Waals surface area contributed by atoms with Crippen molar-refractivity contribution >= 4 is 11.3 Å². The van der Waals surface area contributed by atoms with Gasteiger partial charge in [-0.3, -0.25) is 0 Å². The first-order valence-electron chi connectivity index (χ1n) is 6.93. The van der Waals surface area contributed by atoms with Crippen molar-refractivity contribution in [2.24, 2.45) is 29.4 Å². The van der Waals surface area contributed by atoms with E-state index < -0.39 is 0 Å². The first-order valence-corrected chi connectivity index (χ1v) is 7.81. The van der Waals surface area contributed by atoms with Gasteiger partial charge in [0.25, 0.3) is 0 Å². The third-order valence-corrected chi connectivity index (χ3v) is 5.37. The van der Waals surface area contributed by atoms with Gasteiger partial charge in [-0.15, -0.1) is 11.3 Å². The van der Waals surface area contributed by atoms with Gasteiger partial charge in [-0.2, -0.15) is 0 Å². The Bertz CT molecular complexity index is 318. The van der Waals surface area contributed by atoms with E-state index in [1.165, 1.54) is 30.6 Å². The Balaban J connectivity index is 1.99. The van der Waals surface area contributed by atoms with Crippen LogP contribution in [0.5, 0.6) is 0 Å². The lowest BCUT2D eigenvalue weighted by molar-refractivity contribution is 0.152. The highest BCUT2D eigenvalue weighted by Gasteiger charge is 2.31. The Kier molecular flexibility index (Phi) is 4.63. The van der Waals surface area contributed by atoms with Crippen LogP contribution in [0.1, 0.15) is 38.0 Å². The molecule has 1 aromatic rings. The van der Waals surface area contributed by atoms with Gasteiger partial charge >= 0.3 is 0 Å². The van der Waals surface area contributed by atoms with Gasteiger partial charge in [-0.1, -0.05) is 19.9 Å². The Morgan fingerprint density at radius 3 is 2.76 bits per heavy atom. The van der Waals surface area contributed by atoms with E-state index >= 15 is 0 Å². The normalized spacial score (nSPS) is 29.8. The molecule has 1 aliphatic rings. The quantitative estimate of drug-likeness (QED) is 0.862. The SMILES string of the molecule is CC(C)C1CCC(CN)C(Cc2cccs2)C1. The van der Waals surface area contributed by atoms with E-state index in [4.69, 9.17) is 5.73 Å². The number of rotatable bonds is 4. The zero-order valence-corrected chi connectivity index (χ0v) is 11.9. The van der Waals surface area contributed by atoms with E-state index in [2.05, 4.69) is 31.4 Å². The fourth-order valence-corrected chi connectivity index (χ4v) is 4.02. The standard InChI is InChI=1S/C15H25NS/c1-11(2)12-5-6-13(10-16)14(8-12)9-15-4-3-7-17-15/h3-4,7,11-14H,5-6,8-10,16H2,1-2H3. The fourth-order valence-electron chi connectivity index (χ4n) is 3.22. The molecule has 1 nitrogen and oxygen atoms in total. The Morgan fingerprint density at radius 1 is 1.35 bits per heavy atom. The van der Waals surface area contributed by atoms with Gasteiger partial charge in [0, 0.05) is 4.88 Å². The predicted molar refractivity (Wildman–Crippen MR) is 76.2 cm³/mol. The minimum absolute atomic E-state index is 0.757. The van der Waals surface area contributed by atoms with Crippen LogP contribution in [0, 0.1) is 23.7 Å². The zero-order valence-electron chi connectivity index (χ0n) is 11.1. The maximum Gasteiger partial charge on any atom is 0.00480 e. The molecule has 2 heteroatoms. The predicted octanol–water partition coefficient (Wildman–Crippen LogP) is 3.94. The van der Waals surface area contributed by atoms with Crippen LogP contribution in [0.4, 0.5) is 0 Å². The van der Waals surface area contributed by atoms with Crippen molar-refractivity contribution in [3.8, 4) is 0 Å². The van der Waals surface area contributed by atoms with E-state index in [1.807, 2.05) is 11.3 Å². The van der Waals surface area contributed by atoms with Crippen molar-refractivity contribution in [2.45, 2.75) is 39.5 Å². The second kappa shape index (κ2) is 6.01. The lowest BCUT2D eigenvalue weighted by Crippen LogP contribution is -2.33. The molecule has 1 heterocycles. The fraction of sp³-hybridized carbons (Fsp3) is 0.733. The smallest absolute Gasteiger partial charge is 0.00480 e. The summed E-state index contributed by atoms with van der Waals surface area (Å²) >= 11 is 1.90. The van der Waals surface area contributed by atoms with Crippen molar-refractivity contribution < 1.29 is 0 Å². The zero-order chi connectivity index (χ0) is 12.3. The molecule has 0 bridgehead atoms. The molecule has 96 valence electrons. The third-order valence-electron chi connectivity index (χ3n) is 4.47. The molecule has 17 heavy (non-hydrogen) atoms. The van der Waals surface area contributed by atoms with E-state index in [0.717, 1.165) is 30.2 Å². The first-order chi connectivity index (χ1) is 8.20. The molecule has 0 amide bonds. The summed E-state index contributed by atoms with van der Waals surface area (Å²) in [5.41, 5.74) is 5.95. The van der Waals surface area contributed by atoms with Gasteiger partial charge in [0.15, 0.2) is 0 Å². The van der Waals surface area contributed by atoms with E-state index in [1.54, 1.807) is 0 Å². The van der Waals surface area contributed by atoms with Crippen molar-refractivity contribution in [3.05, 3.63) is 22.4 Å². The topological polar surface area (TPSA) is 26.0 Å². The molecule has 0 saturated heterocycles. The molecule has 2 rings (SSSR count). The van der Waals surface area contributed by atoms with Gasteiger partial charge < -0.3 is 5.73 Å². The van der Waals surface area contributed by atoms with Gasteiger partial charge in [0.2, 0.25) is 0 Å². The molecule has 1 saturated carbocycles. The molecule has 0 aliphatic heterocycles. The minimum Gasteiger partial charge on any atom is -0.330 e. The summed E-state index contributed by atoms with van der Waals surface area (Å²) in [6.07, 6.45) is 5.37. The van der Waals surface area contributed by atoms with Gasteiger partial charge in [0.05, 0.1) is 0 Å². The van der Waals surface area contributed by atoms with E-state index in [9.17, 15) is 0 Å². The van der Waals surface area contributed by atoms with Gasteiger partial charge in [-0.25, -0.2) is 0 Å². The van der Waals surface area contributed by atoms with E-state index in [-0.39, 0.29) is 0 Å². The highest BCUT2D eigenvalue weighted by molar-refractivity contribution is 7.09. The summed E-state index contributed by atoms with van der Waals surface area (Å²) in [7, 11) is 0. The van der Waals surface area contributed by atoms with Crippen LogP contribution < -0.4 is 5.73 Å². The summed E-state index contributed by atoms with van der Waals surface area (Å²) in [5, 5.41) is 2.19. The molecule has 1 aliphatic carbocycles. The molecule has 1 aromatic heterocycles. The van der Waals surface area contributed by atoms with Crippen molar-refractivity contribution in [3.63, 3.8) is 0 Å². The molecule has 1 fully saturated rings. The molecule has 3 atom stereocenters. The summed E-state index contributed by atoms with van der Waals surface area (Å²) in [6, 6.07) is 4.44. The molecule has 3 unspecified atom stereocenters. The van der Waals surface area contributed by atoms with Crippen LogP contribution in [0.2, 0.25) is 0 Å². The number of nitrogens with two attached hydrogens (primary N) is 1. The number of thiophene rings is 1. The highest BCUT2D eigenvalue weighted by atomic mass is 32.1. The second-order valence-corrected chi connectivity index (χ2v) is 6.89. The molecular weight excluding hydrogens is 226 g/mol. The van der Waals surface area contributed by atoms with Crippen LogP contribution in [0.15, 0.2) is 17.5 Å². The highest BCUT2D eigenvalue weighted by Crippen LogP contribution is 2.39. The lowest BCUT2D eigenvalue weighted by Gasteiger charge is -2.37. The summed E-state index contributed by atoms with van der Waals surface area (Å²) < 4.78 is 0. The van der Waals surface area contributed by atoms with Crippen molar-refractivity contribution in [1.29, 1.82) is 0 Å². The molecule has 0 aromatic carbocycles. The van der Waals surface area contributed by atoms with Crippen LogP contribution in [-0.4, -0.2) is 6.54 Å². The monoisotopic (exact) mass is 251 g/mol. The average molecular weight is 251 g/mol. The number of hydrogen-bond donors (Lipinski definition) is 1. The van der Waals surface area contributed by atoms with Crippen LogP contribution in [0.3, 0.4) is 0 Å². The summed E-state index contributed by atoms with van der Waals surface area (Å²) in [4.78, 5) is 1.54. The molecule has 0 spiro atoms. The number of hydrogen-bond acceptors (Lipinski definition) is 2. The van der Waals surface area contributed by atoms with Crippen LogP contribution in [0.25, 0.3) is 0 Å². The van der Waals surface area contributed by atoms with Gasteiger partial charge in [0.1, 0.15) is 0 Å². The summed E-state index contributed by atoms with van der Waals surface area (Å²) in [5.74, 6) is 3.33. The first kappa shape index (κ1) is 13.1. The Morgan fingerprint density at radius 2 is 2.18 bits per heavy atom. The second-order valence-electron chi connectivity index (χ2n) is 5.86. The lowest BCUT2D eigenvalue weighted by atomic mass is 9.69. The third kappa shape index (κ3) is 3.32. The summed E-state index contributed by atoms with van der Waals surface area (Å²) in [6.45, 7) is 5.62. The minimum atomic E-state index is 0.757. The Hall–Kier alpha value is -0.340. The van der Waals surface area contributed by atoms with Crippen molar-refractivity contribution in [1.82, 2.24) is 0 Å². The van der Waals surface area contributed by atoms with Crippen LogP contribution in [-0.2, 0) is 6.42 Å². The maximum atomic E-state index is 5.95. The van der Waals surface area contributed by atoms with Crippen molar-refractivity contribution in [2.75, 3.05) is 6.54 Å². The maximum absolute atomic E-state index is 5.95. The van der Waals surface area contributed by atoms with Gasteiger partial charge in [-0.05, 0) is 67.3 Å². The molecule has 0 radical (unpaired) electrons. The van der Waals surface area contributed by atoms with E-state index in [0.29, 0.717) is 0 Å². The molecule has 2 N–H and O–H groups in total. The largest absolute Gasteiger partial charge is 0.330 e. The van der Waals surface area contributed by atoms with Crippen LogP contribution >= 0.6 is 11.3 Å². The Labute approximate surface area is 109 Å². The average Bonchev–Trinajstić information content (AvgIpc) is 2.81.